The van der Waals surface area contributed by atoms with E-state index in [1.165, 1.54) is 11.3 Å². The Morgan fingerprint density at radius 2 is 1.63 bits per heavy atom. The van der Waals surface area contributed by atoms with Gasteiger partial charge in [-0.15, -0.1) is 0 Å². The summed E-state index contributed by atoms with van der Waals surface area (Å²) >= 11 is 0. The molecule has 0 saturated carbocycles. The van der Waals surface area contributed by atoms with Crippen molar-refractivity contribution in [2.75, 3.05) is 55.6 Å². The highest BCUT2D eigenvalue weighted by atomic mass is 16.3. The zero-order valence-corrected chi connectivity index (χ0v) is 17.7. The molecule has 0 aliphatic carbocycles. The summed E-state index contributed by atoms with van der Waals surface area (Å²) < 4.78 is 0. The standard InChI is InChI=1S/C24H31N5O/c1-2-25-24(26-19-20-9-11-21(12-10-20)27-13-5-6-14-27)29-17-15-28(16-18-29)22-7-3-4-8-23(22)30/h3-12,30H,2,13-19H2,1H3,(H,25,26). The number of benzene rings is 2. The molecule has 0 unspecified atom stereocenters. The van der Waals surface area contributed by atoms with Crippen LogP contribution >= 0.6 is 0 Å². The first-order chi connectivity index (χ1) is 14.7. The number of nitrogens with one attached hydrogen (secondary N) is 1. The number of hydrogen-bond acceptors (Lipinski definition) is 4. The van der Waals surface area contributed by atoms with Gasteiger partial charge in [-0.05, 0) is 36.8 Å². The van der Waals surface area contributed by atoms with Crippen molar-refractivity contribution >= 4 is 17.3 Å². The molecular weight excluding hydrogens is 374 g/mol. The molecule has 2 aromatic rings. The van der Waals surface area contributed by atoms with Gasteiger partial charge in [-0.25, -0.2) is 4.99 Å². The van der Waals surface area contributed by atoms with Crippen LogP contribution in [0.2, 0.25) is 0 Å². The van der Waals surface area contributed by atoms with Crippen molar-refractivity contribution in [3.63, 3.8) is 0 Å². The Balaban J connectivity index is 1.36. The Bertz CT molecular complexity index is 877. The van der Waals surface area contributed by atoms with E-state index in [1.54, 1.807) is 6.07 Å². The lowest BCUT2D eigenvalue weighted by atomic mass is 10.2. The third kappa shape index (κ3) is 4.70. The number of aliphatic imine (C=N–C) groups is 1. The second-order valence-electron chi connectivity index (χ2n) is 7.68. The molecule has 2 heterocycles. The third-order valence-corrected chi connectivity index (χ3v) is 5.67. The minimum absolute atomic E-state index is 0.347. The lowest BCUT2D eigenvalue weighted by Gasteiger charge is -2.37. The molecule has 1 fully saturated rings. The van der Waals surface area contributed by atoms with Crippen molar-refractivity contribution < 1.29 is 5.11 Å². The summed E-state index contributed by atoms with van der Waals surface area (Å²) in [6, 6.07) is 16.3. The average Bonchev–Trinajstić information content (AvgIpc) is 3.33. The quantitative estimate of drug-likeness (QED) is 0.455. The Labute approximate surface area is 179 Å². The second-order valence-corrected chi connectivity index (χ2v) is 7.68. The van der Waals surface area contributed by atoms with Gasteiger partial charge in [-0.1, -0.05) is 36.4 Å². The van der Waals surface area contributed by atoms with Crippen LogP contribution in [-0.4, -0.2) is 61.8 Å². The molecule has 0 spiro atoms. The molecule has 0 aromatic heterocycles. The number of rotatable bonds is 5. The van der Waals surface area contributed by atoms with Crippen LogP contribution in [0.3, 0.4) is 0 Å². The van der Waals surface area contributed by atoms with E-state index in [-0.39, 0.29) is 0 Å². The molecule has 158 valence electrons. The van der Waals surface area contributed by atoms with Crippen LogP contribution in [0.5, 0.6) is 5.75 Å². The molecule has 2 N–H and O–H groups in total. The van der Waals surface area contributed by atoms with E-state index in [1.807, 2.05) is 18.2 Å². The fraction of sp³-hybridized carbons (Fsp3) is 0.375. The van der Waals surface area contributed by atoms with Gasteiger partial charge in [0.2, 0.25) is 0 Å². The first kappa shape index (κ1) is 20.1. The summed E-state index contributed by atoms with van der Waals surface area (Å²) in [6.45, 7) is 9.08. The first-order valence-electron chi connectivity index (χ1n) is 10.8. The lowest BCUT2D eigenvalue weighted by molar-refractivity contribution is 0.369. The predicted octanol–water partition coefficient (Wildman–Crippen LogP) is 3.06. The van der Waals surface area contributed by atoms with Crippen LogP contribution in [-0.2, 0) is 6.54 Å². The van der Waals surface area contributed by atoms with E-state index in [2.05, 4.69) is 63.4 Å². The zero-order valence-electron chi connectivity index (χ0n) is 17.7. The maximum atomic E-state index is 10.1. The van der Waals surface area contributed by atoms with Crippen LogP contribution in [0.25, 0.3) is 0 Å². The van der Waals surface area contributed by atoms with Crippen LogP contribution in [0, 0.1) is 0 Å². The van der Waals surface area contributed by atoms with Crippen molar-refractivity contribution in [1.82, 2.24) is 10.2 Å². The number of aromatic hydroxyl groups is 1. The number of hydrogen-bond donors (Lipinski definition) is 2. The SMILES string of the molecule is CCNC(=NCc1ccc(N2CC=CC2)cc1)N1CCN(c2ccccc2O)CC1. The van der Waals surface area contributed by atoms with E-state index in [4.69, 9.17) is 4.99 Å². The fourth-order valence-electron chi connectivity index (χ4n) is 3.98. The Kier molecular flexibility index (Phi) is 6.42. The molecule has 6 nitrogen and oxygen atoms in total. The van der Waals surface area contributed by atoms with E-state index in [0.29, 0.717) is 12.3 Å². The highest BCUT2D eigenvalue weighted by molar-refractivity contribution is 5.80. The van der Waals surface area contributed by atoms with Crippen molar-refractivity contribution in [3.8, 4) is 5.75 Å². The summed E-state index contributed by atoms with van der Waals surface area (Å²) in [5.74, 6) is 1.31. The Morgan fingerprint density at radius 1 is 0.933 bits per heavy atom. The predicted molar refractivity (Wildman–Crippen MR) is 125 cm³/mol. The minimum Gasteiger partial charge on any atom is -0.506 e. The third-order valence-electron chi connectivity index (χ3n) is 5.67. The average molecular weight is 406 g/mol. The molecule has 0 atom stereocenters. The summed E-state index contributed by atoms with van der Waals surface area (Å²) in [7, 11) is 0. The molecule has 2 aliphatic rings. The van der Waals surface area contributed by atoms with Crippen LogP contribution in [0.15, 0.2) is 65.7 Å². The van der Waals surface area contributed by atoms with Crippen LogP contribution in [0.1, 0.15) is 12.5 Å². The second kappa shape index (κ2) is 9.57. The van der Waals surface area contributed by atoms with E-state index in [9.17, 15) is 5.11 Å². The largest absolute Gasteiger partial charge is 0.506 e. The van der Waals surface area contributed by atoms with Crippen molar-refractivity contribution in [2.45, 2.75) is 13.5 Å². The zero-order chi connectivity index (χ0) is 20.8. The van der Waals surface area contributed by atoms with Crippen molar-refractivity contribution in [1.29, 1.82) is 0 Å². The number of phenols is 1. The van der Waals surface area contributed by atoms with Gasteiger partial charge in [-0.2, -0.15) is 0 Å². The van der Waals surface area contributed by atoms with Gasteiger partial charge in [0, 0.05) is 51.5 Å². The maximum absolute atomic E-state index is 10.1. The van der Waals surface area contributed by atoms with Gasteiger partial charge in [0.05, 0.1) is 12.2 Å². The molecular formula is C24H31N5O. The lowest BCUT2D eigenvalue weighted by Crippen LogP contribution is -2.52. The molecule has 4 rings (SSSR count). The topological polar surface area (TPSA) is 54.3 Å². The smallest absolute Gasteiger partial charge is 0.194 e. The van der Waals surface area contributed by atoms with Crippen LogP contribution < -0.4 is 15.1 Å². The van der Waals surface area contributed by atoms with Gasteiger partial charge in [-0.3, -0.25) is 0 Å². The van der Waals surface area contributed by atoms with E-state index in [0.717, 1.165) is 57.5 Å². The molecule has 6 heteroatoms. The van der Waals surface area contributed by atoms with Gasteiger partial charge in [0.1, 0.15) is 5.75 Å². The van der Waals surface area contributed by atoms with Gasteiger partial charge in [0.25, 0.3) is 0 Å². The molecule has 0 amide bonds. The van der Waals surface area contributed by atoms with Gasteiger partial charge in [0.15, 0.2) is 5.96 Å². The molecule has 2 aliphatic heterocycles. The summed E-state index contributed by atoms with van der Waals surface area (Å²) in [5.41, 5.74) is 3.39. The van der Waals surface area contributed by atoms with E-state index >= 15 is 0 Å². The van der Waals surface area contributed by atoms with E-state index < -0.39 is 0 Å². The highest BCUT2D eigenvalue weighted by Crippen LogP contribution is 2.27. The number of nitrogens with zero attached hydrogens (tertiary/aromatic N) is 4. The fourth-order valence-corrected chi connectivity index (χ4v) is 3.98. The normalized spacial score (nSPS) is 17.0. The highest BCUT2D eigenvalue weighted by Gasteiger charge is 2.21. The van der Waals surface area contributed by atoms with Gasteiger partial charge >= 0.3 is 0 Å². The van der Waals surface area contributed by atoms with Crippen molar-refractivity contribution in [3.05, 3.63) is 66.2 Å². The van der Waals surface area contributed by atoms with Gasteiger partial charge < -0.3 is 25.1 Å². The monoisotopic (exact) mass is 405 g/mol. The number of para-hydroxylation sites is 2. The van der Waals surface area contributed by atoms with Crippen LogP contribution in [0.4, 0.5) is 11.4 Å². The Hall–Kier alpha value is -3.15. The summed E-state index contributed by atoms with van der Waals surface area (Å²) in [5, 5.41) is 13.6. The first-order valence-corrected chi connectivity index (χ1v) is 10.8. The Morgan fingerprint density at radius 3 is 2.30 bits per heavy atom. The molecule has 1 saturated heterocycles. The summed E-state index contributed by atoms with van der Waals surface area (Å²) in [4.78, 5) is 11.8. The van der Waals surface area contributed by atoms with Crippen molar-refractivity contribution in [2.24, 2.45) is 4.99 Å². The maximum Gasteiger partial charge on any atom is 0.194 e. The summed E-state index contributed by atoms with van der Waals surface area (Å²) in [6.07, 6.45) is 4.42. The number of piperazine rings is 1. The minimum atomic E-state index is 0.347. The molecule has 0 radical (unpaired) electrons. The number of anilines is 2. The number of phenolic OH excluding ortho intramolecular Hbond substituents is 1. The molecule has 30 heavy (non-hydrogen) atoms. The number of guanidine groups is 1. The molecule has 0 bridgehead atoms. The molecule has 2 aromatic carbocycles.